The Hall–Kier alpha value is -1.94. The molecule has 3 N–H and O–H groups in total. The maximum Gasteiger partial charge on any atom is 0.472 e. The molecule has 0 aromatic rings. The van der Waals surface area contributed by atoms with Gasteiger partial charge in [0.1, 0.15) is 19.3 Å². The molecule has 0 aliphatic rings. The Morgan fingerprint density at radius 1 is 0.252 bits per heavy atom. The molecule has 0 aliphatic heterocycles. The monoisotopic (exact) mass is 1620 g/mol. The SMILES string of the molecule is CCCCCCCCCCCCCCCCCCCCCCC(=O)O[C@H](COC(=O)CCCCCCCCC)COP(=O)(O)OC[C@H](O)COP(=O)(O)OC[C@@H](COC(=O)CCCCCCCCCCCCCCCCCCCCC(C)CC)OC(=O)CCCCCCCCCCCCCCCCCCCCC(C)CC. The molecule has 111 heavy (non-hydrogen) atoms. The number of ether oxygens (including phenoxy) is 4. The fourth-order valence-electron chi connectivity index (χ4n) is 14.4. The average Bonchev–Trinajstić information content (AvgIpc) is 0.898. The van der Waals surface area contributed by atoms with Crippen LogP contribution in [0.15, 0.2) is 0 Å². The van der Waals surface area contributed by atoms with Gasteiger partial charge in [-0.05, 0) is 37.5 Å². The van der Waals surface area contributed by atoms with Crippen LogP contribution in [0.1, 0.15) is 497 Å². The number of aliphatic hydroxyl groups is 1. The highest BCUT2D eigenvalue weighted by Crippen LogP contribution is 2.45. The number of hydrogen-bond acceptors (Lipinski definition) is 15. The minimum Gasteiger partial charge on any atom is -0.462 e. The summed E-state index contributed by atoms with van der Waals surface area (Å²) in [6.45, 7) is 9.80. The lowest BCUT2D eigenvalue weighted by molar-refractivity contribution is -0.161. The summed E-state index contributed by atoms with van der Waals surface area (Å²) in [6, 6.07) is 0. The Kier molecular flexibility index (Phi) is 81.7. The van der Waals surface area contributed by atoms with Crippen LogP contribution in [0.5, 0.6) is 0 Å². The van der Waals surface area contributed by atoms with E-state index in [9.17, 15) is 43.2 Å². The average molecular weight is 1620 g/mol. The normalized spacial score (nSPS) is 14.2. The summed E-state index contributed by atoms with van der Waals surface area (Å²) in [5.41, 5.74) is 0. The second-order valence-corrected chi connectivity index (χ2v) is 36.4. The van der Waals surface area contributed by atoms with E-state index in [0.717, 1.165) is 115 Å². The second kappa shape index (κ2) is 83.1. The number of phosphoric ester groups is 2. The number of phosphoric acid groups is 2. The first-order valence-corrected chi connectivity index (χ1v) is 50.6. The summed E-state index contributed by atoms with van der Waals surface area (Å²) >= 11 is 0. The zero-order chi connectivity index (χ0) is 81.3. The first-order valence-electron chi connectivity index (χ1n) is 47.6. The van der Waals surface area contributed by atoms with E-state index < -0.39 is 97.5 Å². The van der Waals surface area contributed by atoms with Crippen molar-refractivity contribution in [2.24, 2.45) is 11.8 Å². The number of carbonyl (C=O) groups excluding carboxylic acids is 4. The Bertz CT molecular complexity index is 2120. The third kappa shape index (κ3) is 82.9. The van der Waals surface area contributed by atoms with Gasteiger partial charge in [0.25, 0.3) is 0 Å². The molecule has 0 saturated heterocycles. The summed E-state index contributed by atoms with van der Waals surface area (Å²) in [4.78, 5) is 73.2. The molecule has 0 rings (SSSR count). The first-order chi connectivity index (χ1) is 53.9. The number of hydrogen-bond donors (Lipinski definition) is 3. The van der Waals surface area contributed by atoms with Crippen molar-refractivity contribution in [1.82, 2.24) is 0 Å². The summed E-state index contributed by atoms with van der Waals surface area (Å²) in [6.07, 6.45) is 78.1. The largest absolute Gasteiger partial charge is 0.472 e. The Morgan fingerprint density at radius 3 is 0.640 bits per heavy atom. The quantitative estimate of drug-likeness (QED) is 0.0222. The Balaban J connectivity index is 5.14. The van der Waals surface area contributed by atoms with Crippen molar-refractivity contribution in [3.8, 4) is 0 Å². The molecule has 17 nitrogen and oxygen atoms in total. The molecule has 0 saturated carbocycles. The summed E-state index contributed by atoms with van der Waals surface area (Å²) in [5, 5.41) is 10.7. The van der Waals surface area contributed by atoms with Crippen molar-refractivity contribution >= 4 is 39.5 Å². The van der Waals surface area contributed by atoms with Crippen molar-refractivity contribution < 1.29 is 80.2 Å². The van der Waals surface area contributed by atoms with Gasteiger partial charge in [-0.15, -0.1) is 0 Å². The van der Waals surface area contributed by atoms with Gasteiger partial charge in [-0.3, -0.25) is 37.3 Å². The highest BCUT2D eigenvalue weighted by molar-refractivity contribution is 7.47. The van der Waals surface area contributed by atoms with Gasteiger partial charge in [0.05, 0.1) is 26.4 Å². The molecule has 0 aromatic heterocycles. The molecule has 19 heteroatoms. The Morgan fingerprint density at radius 2 is 0.432 bits per heavy atom. The van der Waals surface area contributed by atoms with E-state index in [1.54, 1.807) is 0 Å². The van der Waals surface area contributed by atoms with Crippen LogP contribution in [-0.4, -0.2) is 96.7 Å². The molecule has 7 atom stereocenters. The summed E-state index contributed by atoms with van der Waals surface area (Å²) in [7, 11) is -9.93. The lowest BCUT2D eigenvalue weighted by atomic mass is 9.99. The number of aliphatic hydroxyl groups excluding tert-OH is 1. The standard InChI is InChI=1S/C92H180O17P2/c1-7-11-13-15-17-18-19-20-21-22-23-24-32-37-42-47-52-58-64-70-76-91(96)108-87(80-102-89(94)74-68-62-54-16-14-12-8-2)82-106-110(98,99)104-78-86(93)79-105-111(100,101)107-83-88(109-92(97)77-71-65-59-53-48-43-38-33-28-26-30-35-40-45-50-56-61-67-73-85(6)10-4)81-103-90(95)75-69-63-57-51-46-41-36-31-27-25-29-34-39-44-49-55-60-66-72-84(5)9-3/h84-88,93H,7-83H2,1-6H3,(H,98,99)(H,100,101)/t84?,85?,86-,87+,88+/m0/s1. The molecule has 0 heterocycles. The van der Waals surface area contributed by atoms with Gasteiger partial charge in [0.15, 0.2) is 12.2 Å². The fraction of sp³-hybridized carbons (Fsp3) is 0.957. The van der Waals surface area contributed by atoms with Crippen LogP contribution in [-0.2, 0) is 65.4 Å². The van der Waals surface area contributed by atoms with E-state index in [1.165, 1.54) is 302 Å². The second-order valence-electron chi connectivity index (χ2n) is 33.5. The van der Waals surface area contributed by atoms with Crippen LogP contribution in [0, 0.1) is 11.8 Å². The van der Waals surface area contributed by atoms with E-state index in [2.05, 4.69) is 41.5 Å². The molecule has 0 aromatic carbocycles. The van der Waals surface area contributed by atoms with Gasteiger partial charge in [0.2, 0.25) is 0 Å². The molecule has 0 fully saturated rings. The van der Waals surface area contributed by atoms with Crippen LogP contribution in [0.25, 0.3) is 0 Å². The van der Waals surface area contributed by atoms with E-state index in [-0.39, 0.29) is 25.7 Å². The van der Waals surface area contributed by atoms with Crippen molar-refractivity contribution in [2.75, 3.05) is 39.6 Å². The van der Waals surface area contributed by atoms with E-state index in [0.29, 0.717) is 25.7 Å². The van der Waals surface area contributed by atoms with Gasteiger partial charge in [-0.1, -0.05) is 446 Å². The highest BCUT2D eigenvalue weighted by atomic mass is 31.2. The number of carbonyl (C=O) groups is 4. The number of esters is 4. The van der Waals surface area contributed by atoms with Crippen molar-refractivity contribution in [3.05, 3.63) is 0 Å². The maximum atomic E-state index is 13.2. The molecule has 4 unspecified atom stereocenters. The molecule has 0 bridgehead atoms. The van der Waals surface area contributed by atoms with Crippen LogP contribution in [0.3, 0.4) is 0 Å². The molecule has 0 spiro atoms. The minimum atomic E-state index is -4.97. The van der Waals surface area contributed by atoms with Crippen LogP contribution >= 0.6 is 15.6 Å². The van der Waals surface area contributed by atoms with Gasteiger partial charge in [-0.25, -0.2) is 9.13 Å². The molecule has 0 amide bonds. The van der Waals surface area contributed by atoms with E-state index in [1.807, 2.05) is 0 Å². The van der Waals surface area contributed by atoms with Crippen LogP contribution < -0.4 is 0 Å². The van der Waals surface area contributed by atoms with Crippen molar-refractivity contribution in [3.63, 3.8) is 0 Å². The number of unbranched alkanes of at least 4 members (excludes halogenated alkanes) is 59. The van der Waals surface area contributed by atoms with Crippen molar-refractivity contribution in [2.45, 2.75) is 516 Å². The molecule has 660 valence electrons. The lowest BCUT2D eigenvalue weighted by Crippen LogP contribution is -2.30. The van der Waals surface area contributed by atoms with E-state index in [4.69, 9.17) is 37.0 Å². The third-order valence-electron chi connectivity index (χ3n) is 22.4. The zero-order valence-electron chi connectivity index (χ0n) is 73.3. The van der Waals surface area contributed by atoms with Gasteiger partial charge >= 0.3 is 39.5 Å². The minimum absolute atomic E-state index is 0.109. The van der Waals surface area contributed by atoms with Crippen LogP contribution in [0.2, 0.25) is 0 Å². The predicted molar refractivity (Wildman–Crippen MR) is 460 cm³/mol. The maximum absolute atomic E-state index is 13.2. The zero-order valence-corrected chi connectivity index (χ0v) is 75.1. The van der Waals surface area contributed by atoms with E-state index >= 15 is 0 Å². The smallest absolute Gasteiger partial charge is 0.462 e. The summed E-state index contributed by atoms with van der Waals surface area (Å²) < 4.78 is 68.9. The highest BCUT2D eigenvalue weighted by Gasteiger charge is 2.31. The third-order valence-corrected chi connectivity index (χ3v) is 24.3. The first kappa shape index (κ1) is 109. The lowest BCUT2D eigenvalue weighted by Gasteiger charge is -2.21. The van der Waals surface area contributed by atoms with Gasteiger partial charge in [-0.2, -0.15) is 0 Å². The Labute approximate surface area is 683 Å². The molecule has 0 radical (unpaired) electrons. The fourth-order valence-corrected chi connectivity index (χ4v) is 16.0. The summed E-state index contributed by atoms with van der Waals surface area (Å²) in [5.74, 6) is -0.356. The van der Waals surface area contributed by atoms with Crippen LogP contribution in [0.4, 0.5) is 0 Å². The van der Waals surface area contributed by atoms with Gasteiger partial charge < -0.3 is 33.8 Å². The number of rotatable bonds is 91. The molecular weight excluding hydrogens is 1440 g/mol. The predicted octanol–water partition coefficient (Wildman–Crippen LogP) is 28.6. The van der Waals surface area contributed by atoms with Crippen molar-refractivity contribution in [1.29, 1.82) is 0 Å². The molecule has 0 aliphatic carbocycles. The molecular formula is C92H180O17P2. The van der Waals surface area contributed by atoms with Gasteiger partial charge in [0, 0.05) is 25.7 Å². The topological polar surface area (TPSA) is 237 Å².